The van der Waals surface area contributed by atoms with Crippen molar-refractivity contribution in [1.82, 2.24) is 15.3 Å². The SMILES string of the molecule is CC(CC(O)c1ccccc1)NC(=O)c1ccc2nc[nH]c2c1. The third kappa shape index (κ3) is 3.57. The summed E-state index contributed by atoms with van der Waals surface area (Å²) in [4.78, 5) is 19.4. The molecule has 0 aliphatic rings. The number of imidazole rings is 1. The molecule has 23 heavy (non-hydrogen) atoms. The average molecular weight is 309 g/mol. The summed E-state index contributed by atoms with van der Waals surface area (Å²) in [5, 5.41) is 13.1. The molecule has 3 aromatic rings. The zero-order chi connectivity index (χ0) is 16.2. The Morgan fingerprint density at radius 3 is 2.83 bits per heavy atom. The van der Waals surface area contributed by atoms with Crippen LogP contribution in [0.5, 0.6) is 0 Å². The number of rotatable bonds is 5. The predicted octanol–water partition coefficient (Wildman–Crippen LogP) is 2.80. The number of aromatic amines is 1. The van der Waals surface area contributed by atoms with Gasteiger partial charge in [0, 0.05) is 11.6 Å². The number of carbonyl (C=O) groups is 1. The lowest BCUT2D eigenvalue weighted by Crippen LogP contribution is -2.33. The minimum Gasteiger partial charge on any atom is -0.388 e. The van der Waals surface area contributed by atoms with E-state index in [-0.39, 0.29) is 11.9 Å². The summed E-state index contributed by atoms with van der Waals surface area (Å²) in [6.45, 7) is 1.89. The Balaban J connectivity index is 1.62. The minimum absolute atomic E-state index is 0.143. The number of fused-ring (bicyclic) bond motifs is 1. The van der Waals surface area contributed by atoms with E-state index in [9.17, 15) is 9.90 Å². The molecule has 0 saturated heterocycles. The molecule has 1 aromatic heterocycles. The van der Waals surface area contributed by atoms with Gasteiger partial charge in [-0.1, -0.05) is 30.3 Å². The van der Waals surface area contributed by atoms with Crippen LogP contribution in [0.2, 0.25) is 0 Å². The summed E-state index contributed by atoms with van der Waals surface area (Å²) in [6.07, 6.45) is 1.47. The molecule has 0 aliphatic carbocycles. The Morgan fingerprint density at radius 1 is 1.26 bits per heavy atom. The van der Waals surface area contributed by atoms with E-state index in [0.29, 0.717) is 12.0 Å². The number of aliphatic hydroxyl groups excluding tert-OH is 1. The fraction of sp³-hybridized carbons (Fsp3) is 0.222. The van der Waals surface area contributed by atoms with Gasteiger partial charge >= 0.3 is 0 Å². The second kappa shape index (κ2) is 6.62. The van der Waals surface area contributed by atoms with Crippen molar-refractivity contribution in [2.24, 2.45) is 0 Å². The van der Waals surface area contributed by atoms with Crippen LogP contribution in [-0.4, -0.2) is 27.0 Å². The fourth-order valence-corrected chi connectivity index (χ4v) is 2.59. The monoisotopic (exact) mass is 309 g/mol. The zero-order valence-electron chi connectivity index (χ0n) is 12.9. The summed E-state index contributed by atoms with van der Waals surface area (Å²) in [6, 6.07) is 14.6. The van der Waals surface area contributed by atoms with Gasteiger partial charge in [-0.15, -0.1) is 0 Å². The second-order valence-electron chi connectivity index (χ2n) is 5.67. The van der Waals surface area contributed by atoms with Crippen LogP contribution in [0.15, 0.2) is 54.9 Å². The first kappa shape index (κ1) is 15.2. The van der Waals surface area contributed by atoms with E-state index in [2.05, 4.69) is 15.3 Å². The van der Waals surface area contributed by atoms with Gasteiger partial charge in [0.25, 0.3) is 5.91 Å². The van der Waals surface area contributed by atoms with E-state index in [1.807, 2.05) is 43.3 Å². The van der Waals surface area contributed by atoms with Crippen molar-refractivity contribution in [2.75, 3.05) is 0 Å². The lowest BCUT2D eigenvalue weighted by atomic mass is 10.0. The molecule has 0 saturated carbocycles. The average Bonchev–Trinajstić information content (AvgIpc) is 3.03. The first-order valence-electron chi connectivity index (χ1n) is 7.60. The molecule has 1 heterocycles. The number of hydrogen-bond acceptors (Lipinski definition) is 3. The molecule has 1 amide bonds. The van der Waals surface area contributed by atoms with Gasteiger partial charge in [0.05, 0.1) is 23.5 Å². The quantitative estimate of drug-likeness (QED) is 0.678. The van der Waals surface area contributed by atoms with Gasteiger partial charge in [-0.25, -0.2) is 4.98 Å². The third-order valence-corrected chi connectivity index (χ3v) is 3.82. The Hall–Kier alpha value is -2.66. The van der Waals surface area contributed by atoms with Gasteiger partial charge in [0.2, 0.25) is 0 Å². The number of benzene rings is 2. The highest BCUT2D eigenvalue weighted by Gasteiger charge is 2.15. The summed E-state index contributed by atoms with van der Waals surface area (Å²) >= 11 is 0. The molecule has 2 unspecified atom stereocenters. The van der Waals surface area contributed by atoms with Crippen molar-refractivity contribution in [2.45, 2.75) is 25.5 Å². The van der Waals surface area contributed by atoms with E-state index in [0.717, 1.165) is 16.6 Å². The largest absolute Gasteiger partial charge is 0.388 e. The van der Waals surface area contributed by atoms with E-state index < -0.39 is 6.10 Å². The molecule has 118 valence electrons. The second-order valence-corrected chi connectivity index (χ2v) is 5.67. The van der Waals surface area contributed by atoms with Crippen LogP contribution in [0, 0.1) is 0 Å². The Kier molecular flexibility index (Phi) is 4.39. The Morgan fingerprint density at radius 2 is 2.04 bits per heavy atom. The zero-order valence-corrected chi connectivity index (χ0v) is 12.9. The van der Waals surface area contributed by atoms with Crippen molar-refractivity contribution in [3.05, 3.63) is 66.0 Å². The molecule has 5 nitrogen and oxygen atoms in total. The van der Waals surface area contributed by atoms with Crippen molar-refractivity contribution in [1.29, 1.82) is 0 Å². The summed E-state index contributed by atoms with van der Waals surface area (Å²) in [5.74, 6) is -0.158. The lowest BCUT2D eigenvalue weighted by Gasteiger charge is -2.18. The van der Waals surface area contributed by atoms with Gasteiger partial charge in [0.1, 0.15) is 0 Å². The highest BCUT2D eigenvalue weighted by atomic mass is 16.3. The highest BCUT2D eigenvalue weighted by molar-refractivity contribution is 5.97. The number of amides is 1. The highest BCUT2D eigenvalue weighted by Crippen LogP contribution is 2.18. The van der Waals surface area contributed by atoms with Crippen molar-refractivity contribution < 1.29 is 9.90 Å². The van der Waals surface area contributed by atoms with Crippen LogP contribution in [0.4, 0.5) is 0 Å². The number of H-pyrrole nitrogens is 1. The van der Waals surface area contributed by atoms with E-state index in [1.54, 1.807) is 18.5 Å². The molecule has 0 aliphatic heterocycles. The fourth-order valence-electron chi connectivity index (χ4n) is 2.59. The molecule has 0 radical (unpaired) electrons. The molecule has 0 fully saturated rings. The van der Waals surface area contributed by atoms with E-state index in [4.69, 9.17) is 0 Å². The molecule has 2 atom stereocenters. The standard InChI is InChI=1S/C18H19N3O2/c1-12(9-17(22)13-5-3-2-4-6-13)21-18(23)14-7-8-15-16(10-14)20-11-19-15/h2-8,10-12,17,22H,9H2,1H3,(H,19,20)(H,21,23). The van der Waals surface area contributed by atoms with Crippen LogP contribution in [0.3, 0.4) is 0 Å². The molecule has 5 heteroatoms. The molecule has 0 spiro atoms. The topological polar surface area (TPSA) is 78.0 Å². The number of nitrogens with one attached hydrogen (secondary N) is 2. The lowest BCUT2D eigenvalue weighted by molar-refractivity contribution is 0.0917. The first-order valence-corrected chi connectivity index (χ1v) is 7.60. The van der Waals surface area contributed by atoms with Crippen LogP contribution in [-0.2, 0) is 0 Å². The van der Waals surface area contributed by atoms with Gasteiger partial charge in [-0.3, -0.25) is 4.79 Å². The summed E-state index contributed by atoms with van der Waals surface area (Å²) in [7, 11) is 0. The van der Waals surface area contributed by atoms with Crippen LogP contribution in [0.25, 0.3) is 11.0 Å². The molecular formula is C18H19N3O2. The normalized spacial score (nSPS) is 13.7. The third-order valence-electron chi connectivity index (χ3n) is 3.82. The van der Waals surface area contributed by atoms with Gasteiger partial charge < -0.3 is 15.4 Å². The maximum atomic E-state index is 12.3. The van der Waals surface area contributed by atoms with Crippen molar-refractivity contribution in [3.8, 4) is 0 Å². The molecule has 2 aromatic carbocycles. The number of nitrogens with zero attached hydrogens (tertiary/aromatic N) is 1. The van der Waals surface area contributed by atoms with E-state index in [1.165, 1.54) is 0 Å². The van der Waals surface area contributed by atoms with E-state index >= 15 is 0 Å². The Bertz CT molecular complexity index is 798. The maximum Gasteiger partial charge on any atom is 0.251 e. The smallest absolute Gasteiger partial charge is 0.251 e. The first-order chi connectivity index (χ1) is 11.1. The van der Waals surface area contributed by atoms with Crippen LogP contribution < -0.4 is 5.32 Å². The van der Waals surface area contributed by atoms with Crippen LogP contribution >= 0.6 is 0 Å². The number of hydrogen-bond donors (Lipinski definition) is 3. The van der Waals surface area contributed by atoms with Crippen molar-refractivity contribution in [3.63, 3.8) is 0 Å². The molecule has 3 N–H and O–H groups in total. The predicted molar refractivity (Wildman–Crippen MR) is 89.0 cm³/mol. The van der Waals surface area contributed by atoms with Gasteiger partial charge in [-0.05, 0) is 37.1 Å². The number of carbonyl (C=O) groups excluding carboxylic acids is 1. The maximum absolute atomic E-state index is 12.3. The molecule has 0 bridgehead atoms. The summed E-state index contributed by atoms with van der Waals surface area (Å²) < 4.78 is 0. The molecular weight excluding hydrogens is 290 g/mol. The van der Waals surface area contributed by atoms with Gasteiger partial charge in [-0.2, -0.15) is 0 Å². The molecule has 3 rings (SSSR count). The Labute approximate surface area is 134 Å². The number of aromatic nitrogens is 2. The van der Waals surface area contributed by atoms with Gasteiger partial charge in [0.15, 0.2) is 0 Å². The van der Waals surface area contributed by atoms with Crippen molar-refractivity contribution >= 4 is 16.9 Å². The van der Waals surface area contributed by atoms with Crippen LogP contribution in [0.1, 0.15) is 35.4 Å². The summed E-state index contributed by atoms with van der Waals surface area (Å²) in [5.41, 5.74) is 3.08. The number of aliphatic hydroxyl groups is 1. The minimum atomic E-state index is -0.596.